The quantitative estimate of drug-likeness (QED) is 0.834. The molecule has 5 heteroatoms. The van der Waals surface area contributed by atoms with Gasteiger partial charge in [-0.1, -0.05) is 35.0 Å². The van der Waals surface area contributed by atoms with Gasteiger partial charge in [-0.05, 0) is 24.2 Å². The predicted octanol–water partition coefficient (Wildman–Crippen LogP) is 3.38. The van der Waals surface area contributed by atoms with Gasteiger partial charge in [-0.3, -0.25) is 0 Å². The van der Waals surface area contributed by atoms with E-state index in [1.165, 1.54) is 0 Å². The summed E-state index contributed by atoms with van der Waals surface area (Å²) >= 11 is 3.33. The van der Waals surface area contributed by atoms with Crippen molar-refractivity contribution in [1.29, 1.82) is 0 Å². The van der Waals surface area contributed by atoms with Gasteiger partial charge < -0.3 is 10.1 Å². The van der Waals surface area contributed by atoms with Gasteiger partial charge in [0.15, 0.2) is 0 Å². The molecular weight excluding hydrogens is 292 g/mol. The Bertz CT molecular complexity index is 319. The summed E-state index contributed by atoms with van der Waals surface area (Å²) in [6, 6.07) is 7.50. The van der Waals surface area contributed by atoms with Gasteiger partial charge in [0.1, 0.15) is 6.61 Å². The fourth-order valence-corrected chi connectivity index (χ4v) is 1.68. The zero-order valence-corrected chi connectivity index (χ0v) is 11.2. The lowest BCUT2D eigenvalue weighted by atomic mass is 10.1. The summed E-state index contributed by atoms with van der Waals surface area (Å²) in [4.78, 5) is 0. The summed E-state index contributed by atoms with van der Waals surface area (Å²) in [6.45, 7) is 2.74. The first kappa shape index (κ1) is 14.5. The molecule has 1 atom stereocenters. The summed E-state index contributed by atoms with van der Waals surface area (Å²) in [5.41, 5.74) is 0.898. The van der Waals surface area contributed by atoms with Gasteiger partial charge in [0, 0.05) is 11.0 Å². The molecule has 96 valence electrons. The van der Waals surface area contributed by atoms with E-state index in [9.17, 15) is 8.78 Å². The summed E-state index contributed by atoms with van der Waals surface area (Å²) < 4.78 is 30.4. The first-order valence-electron chi connectivity index (χ1n) is 5.49. The van der Waals surface area contributed by atoms with Gasteiger partial charge in [0.25, 0.3) is 6.43 Å². The minimum atomic E-state index is -2.44. The molecule has 0 aromatic heterocycles. The Kier molecular flexibility index (Phi) is 6.62. The van der Waals surface area contributed by atoms with E-state index >= 15 is 0 Å². The Balaban J connectivity index is 2.63. The van der Waals surface area contributed by atoms with Crippen LogP contribution < -0.4 is 5.32 Å². The van der Waals surface area contributed by atoms with Crippen LogP contribution in [0.2, 0.25) is 0 Å². The van der Waals surface area contributed by atoms with Crippen molar-refractivity contribution < 1.29 is 13.5 Å². The first-order chi connectivity index (χ1) is 8.13. The number of benzene rings is 1. The average molecular weight is 308 g/mol. The maximum Gasteiger partial charge on any atom is 0.261 e. The molecular formula is C12H16BrF2NO. The second-order valence-electron chi connectivity index (χ2n) is 3.57. The maximum absolute atomic E-state index is 12.1. The van der Waals surface area contributed by atoms with Crippen molar-refractivity contribution in [1.82, 2.24) is 5.32 Å². The lowest BCUT2D eigenvalue weighted by Gasteiger charge is -2.18. The van der Waals surface area contributed by atoms with Crippen molar-refractivity contribution in [3.63, 3.8) is 0 Å². The molecule has 1 aromatic rings. The fraction of sp³-hybridized carbons (Fsp3) is 0.500. The molecule has 0 aliphatic heterocycles. The van der Waals surface area contributed by atoms with Crippen molar-refractivity contribution >= 4 is 15.9 Å². The highest BCUT2D eigenvalue weighted by Crippen LogP contribution is 2.20. The Morgan fingerprint density at radius 2 is 1.94 bits per heavy atom. The van der Waals surface area contributed by atoms with Crippen LogP contribution in [-0.4, -0.2) is 26.1 Å². The van der Waals surface area contributed by atoms with E-state index < -0.39 is 13.0 Å². The van der Waals surface area contributed by atoms with Gasteiger partial charge in [-0.25, -0.2) is 8.78 Å². The smallest absolute Gasteiger partial charge is 0.261 e. The standard InChI is InChI=1S/C12H16BrF2NO/c1-2-16-7-11(17-8-12(14)15)9-3-5-10(13)6-4-9/h3-6,11-12,16H,2,7-8H2,1H3. The monoisotopic (exact) mass is 307 g/mol. The summed E-state index contributed by atoms with van der Waals surface area (Å²) in [5, 5.41) is 3.10. The molecule has 0 aliphatic rings. The van der Waals surface area contributed by atoms with E-state index in [1.54, 1.807) is 0 Å². The number of alkyl halides is 2. The molecule has 0 amide bonds. The Labute approximate surface area is 108 Å². The van der Waals surface area contributed by atoms with Crippen molar-refractivity contribution in [3.8, 4) is 0 Å². The van der Waals surface area contributed by atoms with Crippen LogP contribution in [-0.2, 0) is 4.74 Å². The largest absolute Gasteiger partial charge is 0.366 e. The molecule has 0 bridgehead atoms. The zero-order valence-electron chi connectivity index (χ0n) is 9.63. The predicted molar refractivity (Wildman–Crippen MR) is 67.4 cm³/mol. The number of hydrogen-bond acceptors (Lipinski definition) is 2. The van der Waals surface area contributed by atoms with E-state index in [2.05, 4.69) is 21.2 Å². The van der Waals surface area contributed by atoms with E-state index in [-0.39, 0.29) is 6.10 Å². The lowest BCUT2D eigenvalue weighted by Crippen LogP contribution is -2.24. The van der Waals surface area contributed by atoms with E-state index in [1.807, 2.05) is 31.2 Å². The Hall–Kier alpha value is -0.520. The van der Waals surface area contributed by atoms with Crippen LogP contribution in [0.1, 0.15) is 18.6 Å². The second-order valence-corrected chi connectivity index (χ2v) is 4.49. The van der Waals surface area contributed by atoms with E-state index in [0.717, 1.165) is 16.6 Å². The van der Waals surface area contributed by atoms with Crippen LogP contribution in [0.4, 0.5) is 8.78 Å². The zero-order chi connectivity index (χ0) is 12.7. The molecule has 2 nitrogen and oxygen atoms in total. The number of halogens is 3. The van der Waals surface area contributed by atoms with Crippen molar-refractivity contribution in [2.75, 3.05) is 19.7 Å². The minimum Gasteiger partial charge on any atom is -0.366 e. The molecule has 0 radical (unpaired) electrons. The molecule has 0 aliphatic carbocycles. The SMILES string of the molecule is CCNCC(OCC(F)F)c1ccc(Br)cc1. The number of rotatable bonds is 7. The minimum absolute atomic E-state index is 0.336. The van der Waals surface area contributed by atoms with Crippen LogP contribution in [0.15, 0.2) is 28.7 Å². The van der Waals surface area contributed by atoms with Crippen molar-refractivity contribution in [3.05, 3.63) is 34.3 Å². The third-order valence-electron chi connectivity index (χ3n) is 2.24. The fourth-order valence-electron chi connectivity index (χ4n) is 1.41. The molecule has 0 spiro atoms. The molecule has 1 rings (SSSR count). The molecule has 0 fully saturated rings. The van der Waals surface area contributed by atoms with E-state index in [4.69, 9.17) is 4.74 Å². The maximum atomic E-state index is 12.1. The van der Waals surface area contributed by atoms with Gasteiger partial charge >= 0.3 is 0 Å². The second kappa shape index (κ2) is 7.74. The summed E-state index contributed by atoms with van der Waals surface area (Å²) in [6.07, 6.45) is -2.77. The van der Waals surface area contributed by atoms with Gasteiger partial charge in [0.05, 0.1) is 6.10 Å². The molecule has 0 heterocycles. The van der Waals surface area contributed by atoms with E-state index in [0.29, 0.717) is 6.54 Å². The molecule has 0 saturated carbocycles. The average Bonchev–Trinajstić information content (AvgIpc) is 2.30. The Morgan fingerprint density at radius 1 is 1.29 bits per heavy atom. The van der Waals surface area contributed by atoms with Crippen LogP contribution in [0, 0.1) is 0 Å². The molecule has 0 saturated heterocycles. The summed E-state index contributed by atoms with van der Waals surface area (Å²) in [5.74, 6) is 0. The topological polar surface area (TPSA) is 21.3 Å². The normalized spacial score (nSPS) is 13.0. The molecule has 17 heavy (non-hydrogen) atoms. The molecule has 1 aromatic carbocycles. The third-order valence-corrected chi connectivity index (χ3v) is 2.77. The highest BCUT2D eigenvalue weighted by molar-refractivity contribution is 9.10. The number of hydrogen-bond donors (Lipinski definition) is 1. The Morgan fingerprint density at radius 3 is 2.47 bits per heavy atom. The highest BCUT2D eigenvalue weighted by Gasteiger charge is 2.14. The van der Waals surface area contributed by atoms with Crippen molar-refractivity contribution in [2.24, 2.45) is 0 Å². The lowest BCUT2D eigenvalue weighted by molar-refractivity contribution is -0.0244. The van der Waals surface area contributed by atoms with Gasteiger partial charge in [0.2, 0.25) is 0 Å². The molecule has 1 N–H and O–H groups in total. The van der Waals surface area contributed by atoms with Crippen molar-refractivity contribution in [2.45, 2.75) is 19.5 Å². The third kappa shape index (κ3) is 5.57. The number of ether oxygens (including phenoxy) is 1. The first-order valence-corrected chi connectivity index (χ1v) is 6.28. The number of nitrogens with one attached hydrogen (secondary N) is 1. The van der Waals surface area contributed by atoms with Crippen LogP contribution >= 0.6 is 15.9 Å². The van der Waals surface area contributed by atoms with Crippen LogP contribution in [0.5, 0.6) is 0 Å². The summed E-state index contributed by atoms with van der Waals surface area (Å²) in [7, 11) is 0. The van der Waals surface area contributed by atoms with Crippen LogP contribution in [0.3, 0.4) is 0 Å². The molecule has 1 unspecified atom stereocenters. The van der Waals surface area contributed by atoms with Gasteiger partial charge in [-0.15, -0.1) is 0 Å². The number of likely N-dealkylation sites (N-methyl/N-ethyl adjacent to an activating group) is 1. The van der Waals surface area contributed by atoms with Gasteiger partial charge in [-0.2, -0.15) is 0 Å². The highest BCUT2D eigenvalue weighted by atomic mass is 79.9. The van der Waals surface area contributed by atoms with Crippen LogP contribution in [0.25, 0.3) is 0 Å².